The summed E-state index contributed by atoms with van der Waals surface area (Å²) in [7, 11) is 0. The minimum absolute atomic E-state index is 0.208. The van der Waals surface area contributed by atoms with Crippen LogP contribution in [-0.4, -0.2) is 14.5 Å². The van der Waals surface area contributed by atoms with Crippen LogP contribution in [0, 0.1) is 5.82 Å². The number of thiocarbonyl (C=S) groups is 1. The van der Waals surface area contributed by atoms with E-state index in [1.807, 2.05) is 16.8 Å². The van der Waals surface area contributed by atoms with Gasteiger partial charge in [0.2, 0.25) is 0 Å². The van der Waals surface area contributed by atoms with Gasteiger partial charge in [0.05, 0.1) is 0 Å². The van der Waals surface area contributed by atoms with Crippen molar-refractivity contribution in [2.24, 2.45) is 5.73 Å². The fourth-order valence-electron chi connectivity index (χ4n) is 2.02. The average molecular weight is 277 g/mol. The predicted molar refractivity (Wildman–Crippen MR) is 77.6 cm³/mol. The van der Waals surface area contributed by atoms with Crippen LogP contribution in [-0.2, 0) is 13.0 Å². The van der Waals surface area contributed by atoms with Crippen molar-refractivity contribution in [2.45, 2.75) is 26.3 Å². The fraction of sp³-hybridized carbons (Fsp3) is 0.286. The lowest BCUT2D eigenvalue weighted by Crippen LogP contribution is -2.11. The summed E-state index contributed by atoms with van der Waals surface area (Å²) in [6.45, 7) is 2.68. The molecule has 1 aromatic heterocycles. The molecule has 1 heterocycles. The largest absolute Gasteiger partial charge is 0.389 e. The second-order valence-electron chi connectivity index (χ2n) is 4.43. The van der Waals surface area contributed by atoms with Crippen LogP contribution in [0.15, 0.2) is 30.6 Å². The van der Waals surface area contributed by atoms with Crippen LogP contribution in [0.25, 0.3) is 0 Å². The Morgan fingerprint density at radius 1 is 1.42 bits per heavy atom. The molecule has 5 heteroatoms. The van der Waals surface area contributed by atoms with Gasteiger partial charge in [0.15, 0.2) is 0 Å². The molecule has 100 valence electrons. The van der Waals surface area contributed by atoms with Gasteiger partial charge >= 0.3 is 0 Å². The Kier molecular flexibility index (Phi) is 4.27. The number of aryl methyl sites for hydroxylation is 1. The average Bonchev–Trinajstić information content (AvgIpc) is 2.76. The molecule has 1 aromatic carbocycles. The first-order valence-corrected chi connectivity index (χ1v) is 6.60. The minimum atomic E-state index is -0.322. The molecule has 0 unspecified atom stereocenters. The summed E-state index contributed by atoms with van der Waals surface area (Å²) in [6.07, 6.45) is 5.60. The Hall–Kier alpha value is -1.75. The topological polar surface area (TPSA) is 43.8 Å². The number of halogens is 1. The lowest BCUT2D eigenvalue weighted by atomic mass is 10.1. The molecular weight excluding hydrogens is 261 g/mol. The van der Waals surface area contributed by atoms with Crippen molar-refractivity contribution in [3.8, 4) is 0 Å². The molecule has 0 radical (unpaired) electrons. The van der Waals surface area contributed by atoms with Crippen molar-refractivity contribution in [3.63, 3.8) is 0 Å². The highest BCUT2D eigenvalue weighted by Crippen LogP contribution is 2.12. The van der Waals surface area contributed by atoms with Crippen LogP contribution in [0.2, 0.25) is 0 Å². The van der Waals surface area contributed by atoms with Crippen molar-refractivity contribution in [3.05, 3.63) is 53.4 Å². The van der Waals surface area contributed by atoms with Crippen LogP contribution in [0.5, 0.6) is 0 Å². The van der Waals surface area contributed by atoms with E-state index >= 15 is 0 Å². The number of nitrogens with two attached hydrogens (primary N) is 1. The van der Waals surface area contributed by atoms with Crippen molar-refractivity contribution >= 4 is 17.2 Å². The van der Waals surface area contributed by atoms with E-state index in [2.05, 4.69) is 11.9 Å². The van der Waals surface area contributed by atoms with Gasteiger partial charge in [-0.15, -0.1) is 0 Å². The van der Waals surface area contributed by atoms with Crippen LogP contribution in [0.3, 0.4) is 0 Å². The first-order chi connectivity index (χ1) is 9.10. The third kappa shape index (κ3) is 3.38. The predicted octanol–water partition coefficient (Wildman–Crippen LogP) is 2.66. The van der Waals surface area contributed by atoms with Gasteiger partial charge in [-0.25, -0.2) is 9.37 Å². The lowest BCUT2D eigenvalue weighted by molar-refractivity contribution is 0.621. The van der Waals surface area contributed by atoms with Crippen LogP contribution in [0.4, 0.5) is 4.39 Å². The SMILES string of the molecule is CCCc1nccn1Cc1cc(F)cc(C(N)=S)c1. The maximum Gasteiger partial charge on any atom is 0.124 e. The molecule has 2 rings (SSSR count). The molecular formula is C14H16FN3S. The van der Waals surface area contributed by atoms with Crippen molar-refractivity contribution in [1.29, 1.82) is 0 Å². The molecule has 3 nitrogen and oxygen atoms in total. The molecule has 2 N–H and O–H groups in total. The third-order valence-corrected chi connectivity index (χ3v) is 3.11. The van der Waals surface area contributed by atoms with Gasteiger partial charge in [0.25, 0.3) is 0 Å². The first kappa shape index (κ1) is 13.7. The number of aromatic nitrogens is 2. The van der Waals surface area contributed by atoms with E-state index in [4.69, 9.17) is 18.0 Å². The van der Waals surface area contributed by atoms with Crippen LogP contribution >= 0.6 is 12.2 Å². The Balaban J connectivity index is 2.27. The quantitative estimate of drug-likeness (QED) is 0.855. The molecule has 0 spiro atoms. The molecule has 2 aromatic rings. The van der Waals surface area contributed by atoms with Gasteiger partial charge in [0, 0.05) is 30.9 Å². The number of benzene rings is 1. The van der Waals surface area contributed by atoms with E-state index < -0.39 is 0 Å². The highest BCUT2D eigenvalue weighted by Gasteiger charge is 2.06. The Bertz CT molecular complexity index is 592. The normalized spacial score (nSPS) is 10.6. The van der Waals surface area contributed by atoms with Crippen molar-refractivity contribution in [1.82, 2.24) is 9.55 Å². The number of imidazole rings is 1. The Morgan fingerprint density at radius 3 is 2.89 bits per heavy atom. The molecule has 0 fully saturated rings. The van der Waals surface area contributed by atoms with Crippen LogP contribution in [0.1, 0.15) is 30.3 Å². The summed E-state index contributed by atoms with van der Waals surface area (Å²) in [5.41, 5.74) is 6.94. The zero-order chi connectivity index (χ0) is 13.8. The molecule has 0 atom stereocenters. The molecule has 19 heavy (non-hydrogen) atoms. The van der Waals surface area contributed by atoms with Gasteiger partial charge in [-0.1, -0.05) is 19.1 Å². The highest BCUT2D eigenvalue weighted by molar-refractivity contribution is 7.80. The van der Waals surface area contributed by atoms with Gasteiger partial charge in [-0.2, -0.15) is 0 Å². The number of hydrogen-bond donors (Lipinski definition) is 1. The highest BCUT2D eigenvalue weighted by atomic mass is 32.1. The summed E-state index contributed by atoms with van der Waals surface area (Å²) in [5, 5.41) is 0. The van der Waals surface area contributed by atoms with Gasteiger partial charge in [-0.05, 0) is 30.2 Å². The number of hydrogen-bond acceptors (Lipinski definition) is 2. The summed E-state index contributed by atoms with van der Waals surface area (Å²) in [4.78, 5) is 4.51. The molecule has 0 saturated heterocycles. The van der Waals surface area contributed by atoms with E-state index in [0.29, 0.717) is 12.1 Å². The van der Waals surface area contributed by atoms with E-state index in [0.717, 1.165) is 24.2 Å². The smallest absolute Gasteiger partial charge is 0.124 e. The van der Waals surface area contributed by atoms with Gasteiger partial charge in [-0.3, -0.25) is 0 Å². The van der Waals surface area contributed by atoms with E-state index in [-0.39, 0.29) is 10.8 Å². The second-order valence-corrected chi connectivity index (χ2v) is 4.87. The monoisotopic (exact) mass is 277 g/mol. The Morgan fingerprint density at radius 2 is 2.21 bits per heavy atom. The maximum atomic E-state index is 13.5. The summed E-state index contributed by atoms with van der Waals surface area (Å²) in [5.74, 6) is 0.682. The summed E-state index contributed by atoms with van der Waals surface area (Å²) < 4.78 is 15.5. The summed E-state index contributed by atoms with van der Waals surface area (Å²) in [6, 6.07) is 4.67. The van der Waals surface area contributed by atoms with E-state index in [1.54, 1.807) is 6.20 Å². The molecule has 0 amide bonds. The Labute approximate surface area is 117 Å². The van der Waals surface area contributed by atoms with Crippen molar-refractivity contribution in [2.75, 3.05) is 0 Å². The summed E-state index contributed by atoms with van der Waals surface area (Å²) >= 11 is 4.89. The zero-order valence-electron chi connectivity index (χ0n) is 10.8. The molecule has 0 bridgehead atoms. The van der Waals surface area contributed by atoms with Crippen LogP contribution < -0.4 is 5.73 Å². The fourth-order valence-corrected chi connectivity index (χ4v) is 2.13. The lowest BCUT2D eigenvalue weighted by Gasteiger charge is -2.09. The number of nitrogens with zero attached hydrogens (tertiary/aromatic N) is 2. The molecule has 0 aliphatic rings. The first-order valence-electron chi connectivity index (χ1n) is 6.19. The van der Waals surface area contributed by atoms with E-state index in [1.165, 1.54) is 12.1 Å². The van der Waals surface area contributed by atoms with Crippen molar-refractivity contribution < 1.29 is 4.39 Å². The zero-order valence-corrected chi connectivity index (χ0v) is 11.6. The molecule has 0 saturated carbocycles. The molecule has 0 aliphatic heterocycles. The number of rotatable bonds is 5. The minimum Gasteiger partial charge on any atom is -0.389 e. The third-order valence-electron chi connectivity index (χ3n) is 2.87. The second kappa shape index (κ2) is 5.93. The van der Waals surface area contributed by atoms with Gasteiger partial charge < -0.3 is 10.3 Å². The molecule has 0 aliphatic carbocycles. The maximum absolute atomic E-state index is 13.5. The van der Waals surface area contributed by atoms with Gasteiger partial charge in [0.1, 0.15) is 16.6 Å². The van der Waals surface area contributed by atoms with E-state index in [9.17, 15) is 4.39 Å². The standard InChI is InChI=1S/C14H16FN3S/c1-2-3-13-17-4-5-18(13)9-10-6-11(14(16)19)8-12(15)7-10/h4-8H,2-3,9H2,1H3,(H2,16,19).